The summed E-state index contributed by atoms with van der Waals surface area (Å²) < 4.78 is 2.01. The molecule has 0 saturated carbocycles. The lowest BCUT2D eigenvalue weighted by molar-refractivity contribution is 0.112. The molecule has 0 unspecified atom stereocenters. The van der Waals surface area contributed by atoms with Crippen LogP contribution in [0.1, 0.15) is 21.5 Å². The summed E-state index contributed by atoms with van der Waals surface area (Å²) in [5, 5.41) is 1.04. The average Bonchev–Trinajstić information content (AvgIpc) is 2.90. The van der Waals surface area contributed by atoms with Gasteiger partial charge in [0.15, 0.2) is 6.29 Å². The van der Waals surface area contributed by atoms with Crippen molar-refractivity contribution < 1.29 is 4.79 Å². The van der Waals surface area contributed by atoms with E-state index in [0.29, 0.717) is 0 Å². The van der Waals surface area contributed by atoms with Crippen molar-refractivity contribution in [2.45, 2.75) is 13.0 Å². The number of aryl methyl sites for hydroxylation is 1. The summed E-state index contributed by atoms with van der Waals surface area (Å²) >= 11 is 0. The molecule has 0 spiro atoms. The van der Waals surface area contributed by atoms with Crippen LogP contribution in [0, 0.1) is 0 Å². The number of aldehydes is 1. The molecule has 1 aliphatic rings. The molecule has 3 nitrogen and oxygen atoms in total. The van der Waals surface area contributed by atoms with E-state index < -0.39 is 0 Å². The van der Waals surface area contributed by atoms with Gasteiger partial charge in [-0.3, -0.25) is 4.79 Å². The van der Waals surface area contributed by atoms with Crippen LogP contribution in [-0.2, 0) is 20.0 Å². The third kappa shape index (κ3) is 2.01. The molecule has 0 aliphatic carbocycles. The number of hydrogen-bond donors (Lipinski definition) is 0. The lowest BCUT2D eigenvalue weighted by Crippen LogP contribution is -2.30. The van der Waals surface area contributed by atoms with Crippen molar-refractivity contribution in [1.29, 1.82) is 0 Å². The molecule has 0 radical (unpaired) electrons. The molecule has 0 atom stereocenters. The molecule has 0 saturated heterocycles. The first-order valence-electron chi connectivity index (χ1n) is 7.62. The Morgan fingerprint density at radius 1 is 1.09 bits per heavy atom. The normalized spacial score (nSPS) is 14.1. The zero-order valence-electron chi connectivity index (χ0n) is 12.6. The van der Waals surface area contributed by atoms with Crippen LogP contribution < -0.4 is 4.90 Å². The monoisotopic (exact) mass is 290 g/mol. The predicted octanol–water partition coefficient (Wildman–Crippen LogP) is 3.55. The SMILES string of the molecule is Cn1cc(C=O)c2cc(N3CCc4ccccc4C3)ccc21. The van der Waals surface area contributed by atoms with E-state index in [2.05, 4.69) is 47.4 Å². The molecule has 0 amide bonds. The van der Waals surface area contributed by atoms with Gasteiger partial charge >= 0.3 is 0 Å². The van der Waals surface area contributed by atoms with Crippen LogP contribution >= 0.6 is 0 Å². The van der Waals surface area contributed by atoms with Gasteiger partial charge in [0, 0.05) is 48.5 Å². The molecule has 3 aromatic rings. The molecule has 0 bridgehead atoms. The fraction of sp³-hybridized carbons (Fsp3) is 0.211. The summed E-state index contributed by atoms with van der Waals surface area (Å²) in [6.45, 7) is 1.96. The molecule has 2 heterocycles. The van der Waals surface area contributed by atoms with Gasteiger partial charge in [-0.15, -0.1) is 0 Å². The summed E-state index contributed by atoms with van der Waals surface area (Å²) in [5.74, 6) is 0. The highest BCUT2D eigenvalue weighted by atomic mass is 16.1. The van der Waals surface area contributed by atoms with E-state index in [0.717, 1.165) is 42.3 Å². The number of carbonyl (C=O) groups is 1. The number of benzene rings is 2. The Kier molecular flexibility index (Phi) is 3.00. The van der Waals surface area contributed by atoms with E-state index in [1.54, 1.807) is 0 Å². The van der Waals surface area contributed by atoms with Crippen molar-refractivity contribution in [2.75, 3.05) is 11.4 Å². The molecule has 1 aliphatic heterocycles. The molecule has 4 rings (SSSR count). The zero-order valence-corrected chi connectivity index (χ0v) is 12.6. The fourth-order valence-electron chi connectivity index (χ4n) is 3.42. The lowest BCUT2D eigenvalue weighted by atomic mass is 9.99. The van der Waals surface area contributed by atoms with Crippen molar-refractivity contribution >= 4 is 22.9 Å². The van der Waals surface area contributed by atoms with Gasteiger partial charge in [0.05, 0.1) is 0 Å². The Morgan fingerprint density at radius 3 is 2.73 bits per heavy atom. The summed E-state index contributed by atoms with van der Waals surface area (Å²) in [6, 6.07) is 15.1. The van der Waals surface area contributed by atoms with Crippen molar-refractivity contribution in [3.63, 3.8) is 0 Å². The Bertz CT molecular complexity index is 863. The zero-order chi connectivity index (χ0) is 15.1. The van der Waals surface area contributed by atoms with Crippen LogP contribution in [0.25, 0.3) is 10.9 Å². The predicted molar refractivity (Wildman–Crippen MR) is 89.5 cm³/mol. The molecule has 0 fully saturated rings. The second-order valence-corrected chi connectivity index (χ2v) is 5.95. The van der Waals surface area contributed by atoms with Gasteiger partial charge in [-0.25, -0.2) is 0 Å². The number of nitrogens with zero attached hydrogens (tertiary/aromatic N) is 2. The highest BCUT2D eigenvalue weighted by Gasteiger charge is 2.17. The van der Waals surface area contributed by atoms with Crippen LogP contribution in [0.2, 0.25) is 0 Å². The molecule has 110 valence electrons. The third-order valence-electron chi connectivity index (χ3n) is 4.63. The standard InChI is InChI=1S/C19H18N2O/c1-20-11-16(13-22)18-10-17(6-7-19(18)20)21-9-8-14-4-2-3-5-15(14)12-21/h2-7,10-11,13H,8-9,12H2,1H3. The van der Waals surface area contributed by atoms with Gasteiger partial charge in [-0.05, 0) is 35.7 Å². The molecule has 22 heavy (non-hydrogen) atoms. The van der Waals surface area contributed by atoms with Gasteiger partial charge in [0.25, 0.3) is 0 Å². The van der Waals surface area contributed by atoms with Gasteiger partial charge in [-0.1, -0.05) is 24.3 Å². The molecule has 1 aromatic heterocycles. The van der Waals surface area contributed by atoms with E-state index in [9.17, 15) is 4.79 Å². The van der Waals surface area contributed by atoms with E-state index in [4.69, 9.17) is 0 Å². The van der Waals surface area contributed by atoms with Crippen LogP contribution in [0.15, 0.2) is 48.7 Å². The number of anilines is 1. The van der Waals surface area contributed by atoms with Crippen LogP contribution in [0.3, 0.4) is 0 Å². The topological polar surface area (TPSA) is 25.2 Å². The molecular formula is C19H18N2O. The molecule has 0 N–H and O–H groups in total. The second kappa shape index (κ2) is 5.02. The van der Waals surface area contributed by atoms with Gasteiger partial charge in [0.2, 0.25) is 0 Å². The number of rotatable bonds is 2. The molecular weight excluding hydrogens is 272 g/mol. The molecule has 2 aromatic carbocycles. The maximum atomic E-state index is 11.3. The maximum Gasteiger partial charge on any atom is 0.152 e. The van der Waals surface area contributed by atoms with E-state index in [-0.39, 0.29) is 0 Å². The van der Waals surface area contributed by atoms with Crippen LogP contribution in [0.4, 0.5) is 5.69 Å². The van der Waals surface area contributed by atoms with Gasteiger partial charge < -0.3 is 9.47 Å². The van der Waals surface area contributed by atoms with Crippen LogP contribution in [0.5, 0.6) is 0 Å². The third-order valence-corrected chi connectivity index (χ3v) is 4.63. The summed E-state index contributed by atoms with van der Waals surface area (Å²) in [7, 11) is 1.98. The van der Waals surface area contributed by atoms with Gasteiger partial charge in [-0.2, -0.15) is 0 Å². The Morgan fingerprint density at radius 2 is 1.91 bits per heavy atom. The van der Waals surface area contributed by atoms with Crippen LogP contribution in [-0.4, -0.2) is 17.4 Å². The molecule has 3 heteroatoms. The van der Waals surface area contributed by atoms with E-state index >= 15 is 0 Å². The summed E-state index contributed by atoms with van der Waals surface area (Å²) in [4.78, 5) is 13.7. The number of carbonyl (C=O) groups excluding carboxylic acids is 1. The van der Waals surface area contributed by atoms with E-state index in [1.807, 2.05) is 17.8 Å². The average molecular weight is 290 g/mol. The van der Waals surface area contributed by atoms with Crippen molar-refractivity contribution in [3.8, 4) is 0 Å². The second-order valence-electron chi connectivity index (χ2n) is 5.95. The number of aromatic nitrogens is 1. The minimum Gasteiger partial charge on any atom is -0.367 e. The van der Waals surface area contributed by atoms with Gasteiger partial charge in [0.1, 0.15) is 0 Å². The highest BCUT2D eigenvalue weighted by molar-refractivity contribution is 5.99. The number of hydrogen-bond acceptors (Lipinski definition) is 2. The first-order chi connectivity index (χ1) is 10.8. The fourth-order valence-corrected chi connectivity index (χ4v) is 3.42. The first-order valence-corrected chi connectivity index (χ1v) is 7.62. The van der Waals surface area contributed by atoms with E-state index in [1.165, 1.54) is 16.8 Å². The van der Waals surface area contributed by atoms with Crippen molar-refractivity contribution in [1.82, 2.24) is 4.57 Å². The van der Waals surface area contributed by atoms with Crippen molar-refractivity contribution in [3.05, 3.63) is 65.4 Å². The Balaban J connectivity index is 1.74. The summed E-state index contributed by atoms with van der Waals surface area (Å²) in [6.07, 6.45) is 3.91. The largest absolute Gasteiger partial charge is 0.367 e. The van der Waals surface area contributed by atoms with Crippen molar-refractivity contribution in [2.24, 2.45) is 7.05 Å². The smallest absolute Gasteiger partial charge is 0.152 e. The highest BCUT2D eigenvalue weighted by Crippen LogP contribution is 2.29. The minimum absolute atomic E-state index is 0.761. The Labute approximate surface area is 129 Å². The Hall–Kier alpha value is -2.55. The number of fused-ring (bicyclic) bond motifs is 2. The minimum atomic E-state index is 0.761. The first kappa shape index (κ1) is 13.1. The maximum absolute atomic E-state index is 11.3. The quantitative estimate of drug-likeness (QED) is 0.674. The summed E-state index contributed by atoms with van der Waals surface area (Å²) in [5.41, 5.74) is 5.90. The lowest BCUT2D eigenvalue weighted by Gasteiger charge is -2.30.